The number of hydrogen-bond donors (Lipinski definition) is 0. The minimum atomic E-state index is 0.677. The van der Waals surface area contributed by atoms with E-state index < -0.39 is 0 Å². The van der Waals surface area contributed by atoms with Crippen LogP contribution in [0.15, 0.2) is 42.6 Å². The Labute approximate surface area is 173 Å². The van der Waals surface area contributed by atoms with Gasteiger partial charge >= 0.3 is 0 Å². The minimum absolute atomic E-state index is 0.677. The second kappa shape index (κ2) is 11.4. The summed E-state index contributed by atoms with van der Waals surface area (Å²) in [5.41, 5.74) is 5.31. The largest absolute Gasteiger partial charge is 0.260 e. The molecule has 1 heteroatoms. The van der Waals surface area contributed by atoms with Crippen LogP contribution in [0.1, 0.15) is 102 Å². The maximum Gasteiger partial charge on any atom is 0.0434 e. The number of nitrogens with zero attached hydrogens (tertiary/aromatic N) is 1. The number of rotatable bonds is 10. The SMILES string of the molecule is CCCCCCCCc1ccc(-c2ccc(C3CCC(CC)CC3)nc2)cc1. The maximum atomic E-state index is 4.84. The Morgan fingerprint density at radius 1 is 0.750 bits per heavy atom. The standard InChI is InChI=1S/C27H39N/c1-3-5-6-7-8-9-10-23-13-15-24(16-14-23)26-19-20-27(28-21-26)25-17-11-22(4-2)12-18-25/h13-16,19-22,25H,3-12,17-18H2,1-2H3. The third kappa shape index (κ3) is 6.19. The van der Waals surface area contributed by atoms with Crippen LogP contribution in [-0.2, 0) is 6.42 Å². The summed E-state index contributed by atoms with van der Waals surface area (Å²) in [6, 6.07) is 13.7. The van der Waals surface area contributed by atoms with Gasteiger partial charge in [0, 0.05) is 23.4 Å². The van der Waals surface area contributed by atoms with Crippen LogP contribution in [0.2, 0.25) is 0 Å². The van der Waals surface area contributed by atoms with Gasteiger partial charge in [-0.1, -0.05) is 82.7 Å². The first kappa shape index (κ1) is 21.1. The second-order valence-corrected chi connectivity index (χ2v) is 8.81. The number of benzene rings is 1. The summed E-state index contributed by atoms with van der Waals surface area (Å²) in [6.45, 7) is 4.61. The zero-order valence-corrected chi connectivity index (χ0v) is 18.1. The van der Waals surface area contributed by atoms with Crippen molar-refractivity contribution in [3.63, 3.8) is 0 Å². The number of aryl methyl sites for hydroxylation is 1. The average Bonchev–Trinajstić information content (AvgIpc) is 2.77. The van der Waals surface area contributed by atoms with Gasteiger partial charge in [-0.3, -0.25) is 4.98 Å². The fraction of sp³-hybridized carbons (Fsp3) is 0.593. The van der Waals surface area contributed by atoms with Crippen molar-refractivity contribution in [3.05, 3.63) is 53.9 Å². The van der Waals surface area contributed by atoms with E-state index in [-0.39, 0.29) is 0 Å². The number of hydrogen-bond acceptors (Lipinski definition) is 1. The Morgan fingerprint density at radius 2 is 1.43 bits per heavy atom. The van der Waals surface area contributed by atoms with Crippen molar-refractivity contribution in [2.24, 2.45) is 5.92 Å². The molecule has 1 aliphatic rings. The summed E-state index contributed by atoms with van der Waals surface area (Å²) < 4.78 is 0. The van der Waals surface area contributed by atoms with Crippen LogP contribution in [0, 0.1) is 5.92 Å². The predicted molar refractivity (Wildman–Crippen MR) is 122 cm³/mol. The van der Waals surface area contributed by atoms with Gasteiger partial charge in [-0.15, -0.1) is 0 Å². The molecule has 152 valence electrons. The summed E-state index contributed by atoms with van der Waals surface area (Å²) >= 11 is 0. The molecule has 1 heterocycles. The van der Waals surface area contributed by atoms with Gasteiger partial charge in [0.15, 0.2) is 0 Å². The van der Waals surface area contributed by atoms with Crippen LogP contribution in [0.4, 0.5) is 0 Å². The first-order chi connectivity index (χ1) is 13.8. The molecule has 0 saturated heterocycles. The zero-order valence-electron chi connectivity index (χ0n) is 18.1. The van der Waals surface area contributed by atoms with Gasteiger partial charge in [0.1, 0.15) is 0 Å². The molecule has 1 aromatic carbocycles. The smallest absolute Gasteiger partial charge is 0.0434 e. The molecule has 1 fully saturated rings. The third-order valence-electron chi connectivity index (χ3n) is 6.74. The highest BCUT2D eigenvalue weighted by atomic mass is 14.7. The molecule has 28 heavy (non-hydrogen) atoms. The van der Waals surface area contributed by atoms with E-state index in [9.17, 15) is 0 Å². The molecule has 1 aromatic heterocycles. The lowest BCUT2D eigenvalue weighted by Gasteiger charge is -2.27. The maximum absolute atomic E-state index is 4.84. The molecule has 0 aliphatic heterocycles. The van der Waals surface area contributed by atoms with E-state index in [2.05, 4.69) is 56.4 Å². The van der Waals surface area contributed by atoms with E-state index in [1.807, 2.05) is 0 Å². The molecule has 1 aliphatic carbocycles. The van der Waals surface area contributed by atoms with Crippen molar-refractivity contribution >= 4 is 0 Å². The van der Waals surface area contributed by atoms with Gasteiger partial charge in [-0.2, -0.15) is 0 Å². The fourth-order valence-corrected chi connectivity index (χ4v) is 4.66. The molecule has 1 saturated carbocycles. The highest BCUT2D eigenvalue weighted by molar-refractivity contribution is 5.62. The average molecular weight is 378 g/mol. The van der Waals surface area contributed by atoms with Gasteiger partial charge in [-0.25, -0.2) is 0 Å². The van der Waals surface area contributed by atoms with Crippen molar-refractivity contribution in [2.75, 3.05) is 0 Å². The highest BCUT2D eigenvalue weighted by Crippen LogP contribution is 2.36. The monoisotopic (exact) mass is 377 g/mol. The second-order valence-electron chi connectivity index (χ2n) is 8.81. The Kier molecular flexibility index (Phi) is 8.58. The lowest BCUT2D eigenvalue weighted by molar-refractivity contribution is 0.315. The minimum Gasteiger partial charge on any atom is -0.260 e. The molecule has 3 rings (SSSR count). The summed E-state index contributed by atoms with van der Waals surface area (Å²) in [5.74, 6) is 1.63. The van der Waals surface area contributed by atoms with Crippen molar-refractivity contribution in [3.8, 4) is 11.1 Å². The molecule has 0 amide bonds. The van der Waals surface area contributed by atoms with E-state index >= 15 is 0 Å². The third-order valence-corrected chi connectivity index (χ3v) is 6.74. The van der Waals surface area contributed by atoms with Gasteiger partial charge in [0.25, 0.3) is 0 Å². The van der Waals surface area contributed by atoms with Crippen molar-refractivity contribution in [2.45, 2.75) is 96.8 Å². The molecule has 0 N–H and O–H groups in total. The van der Waals surface area contributed by atoms with Gasteiger partial charge in [-0.05, 0) is 61.6 Å². The highest BCUT2D eigenvalue weighted by Gasteiger charge is 2.22. The molecule has 1 nitrogen and oxygen atoms in total. The Morgan fingerprint density at radius 3 is 2.07 bits per heavy atom. The number of unbranched alkanes of at least 4 members (excludes halogenated alkanes) is 5. The van der Waals surface area contributed by atoms with Crippen LogP contribution in [0.5, 0.6) is 0 Å². The van der Waals surface area contributed by atoms with Crippen LogP contribution < -0.4 is 0 Å². The van der Waals surface area contributed by atoms with Gasteiger partial charge in [0.2, 0.25) is 0 Å². The van der Waals surface area contributed by atoms with E-state index in [1.165, 1.54) is 99.4 Å². The van der Waals surface area contributed by atoms with Crippen molar-refractivity contribution in [1.29, 1.82) is 0 Å². The van der Waals surface area contributed by atoms with E-state index in [0.717, 1.165) is 5.92 Å². The van der Waals surface area contributed by atoms with Gasteiger partial charge < -0.3 is 0 Å². The molecule has 0 bridgehead atoms. The fourth-order valence-electron chi connectivity index (χ4n) is 4.66. The molecule has 0 spiro atoms. The molecule has 2 aromatic rings. The quantitative estimate of drug-likeness (QED) is 0.379. The lowest BCUT2D eigenvalue weighted by atomic mass is 9.79. The Bertz CT molecular complexity index is 662. The van der Waals surface area contributed by atoms with Crippen LogP contribution in [-0.4, -0.2) is 4.98 Å². The van der Waals surface area contributed by atoms with E-state index in [0.29, 0.717) is 5.92 Å². The first-order valence-electron chi connectivity index (χ1n) is 11.9. The van der Waals surface area contributed by atoms with Crippen molar-refractivity contribution < 1.29 is 0 Å². The normalized spacial score (nSPS) is 19.6. The van der Waals surface area contributed by atoms with Crippen molar-refractivity contribution in [1.82, 2.24) is 4.98 Å². The van der Waals surface area contributed by atoms with Crippen LogP contribution in [0.3, 0.4) is 0 Å². The van der Waals surface area contributed by atoms with E-state index in [1.54, 1.807) is 0 Å². The molecular weight excluding hydrogens is 338 g/mol. The molecule has 0 radical (unpaired) electrons. The van der Waals surface area contributed by atoms with Crippen LogP contribution >= 0.6 is 0 Å². The zero-order chi connectivity index (χ0) is 19.6. The van der Waals surface area contributed by atoms with Gasteiger partial charge in [0.05, 0.1) is 0 Å². The van der Waals surface area contributed by atoms with E-state index in [4.69, 9.17) is 4.98 Å². The van der Waals surface area contributed by atoms with Crippen LogP contribution in [0.25, 0.3) is 11.1 Å². The predicted octanol–water partition coefficient (Wildman–Crippen LogP) is 8.34. The topological polar surface area (TPSA) is 12.9 Å². The molecular formula is C27H39N. The molecule has 0 atom stereocenters. The number of aromatic nitrogens is 1. The lowest BCUT2D eigenvalue weighted by Crippen LogP contribution is -2.13. The first-order valence-corrected chi connectivity index (χ1v) is 11.9. The number of pyridine rings is 1. The molecule has 0 unspecified atom stereocenters. The summed E-state index contributed by atoms with van der Waals surface area (Å²) in [4.78, 5) is 4.84. The summed E-state index contributed by atoms with van der Waals surface area (Å²) in [7, 11) is 0. The Balaban J connectivity index is 1.48. The summed E-state index contributed by atoms with van der Waals surface area (Å²) in [5, 5.41) is 0. The Hall–Kier alpha value is -1.63. The summed E-state index contributed by atoms with van der Waals surface area (Å²) in [6.07, 6.45) is 18.2.